The zero-order valence-electron chi connectivity index (χ0n) is 22.0. The SMILES string of the molecule is O=C(CC[C@H](NCc1ccccc1)C(=O)O)NC(=O)c1ccc(-c2ccc(NC(=O)c3ccc(F)cc3)cc2)cc1. The Labute approximate surface area is 236 Å². The fraction of sp³-hybridized carbons (Fsp3) is 0.125. The molecule has 0 aromatic heterocycles. The number of rotatable bonds is 11. The molecule has 0 aliphatic heterocycles. The Morgan fingerprint density at radius 1 is 0.707 bits per heavy atom. The molecule has 0 radical (unpaired) electrons. The van der Waals surface area contributed by atoms with Crippen molar-refractivity contribution in [2.24, 2.45) is 0 Å². The molecule has 4 rings (SSSR count). The van der Waals surface area contributed by atoms with Gasteiger partial charge in [0.25, 0.3) is 11.8 Å². The summed E-state index contributed by atoms with van der Waals surface area (Å²) in [5, 5.41) is 17.4. The molecule has 0 aliphatic carbocycles. The van der Waals surface area contributed by atoms with Gasteiger partial charge in [-0.1, -0.05) is 54.6 Å². The Morgan fingerprint density at radius 2 is 1.27 bits per heavy atom. The Kier molecular flexibility index (Phi) is 9.69. The van der Waals surface area contributed by atoms with Crippen molar-refractivity contribution in [3.63, 3.8) is 0 Å². The van der Waals surface area contributed by atoms with Gasteiger partial charge in [0.15, 0.2) is 0 Å². The molecule has 0 saturated heterocycles. The van der Waals surface area contributed by atoms with E-state index in [1.165, 1.54) is 24.3 Å². The highest BCUT2D eigenvalue weighted by Gasteiger charge is 2.19. The second-order valence-electron chi connectivity index (χ2n) is 9.29. The van der Waals surface area contributed by atoms with Crippen molar-refractivity contribution in [3.8, 4) is 11.1 Å². The molecule has 0 heterocycles. The molecule has 0 bridgehead atoms. The molecular weight excluding hydrogens is 525 g/mol. The van der Waals surface area contributed by atoms with Crippen LogP contribution in [0.3, 0.4) is 0 Å². The number of carboxylic acid groups (broad SMARTS) is 1. The summed E-state index contributed by atoms with van der Waals surface area (Å²) in [6.45, 7) is 0.345. The van der Waals surface area contributed by atoms with E-state index in [2.05, 4.69) is 16.0 Å². The highest BCUT2D eigenvalue weighted by Crippen LogP contribution is 2.22. The number of nitrogens with one attached hydrogen (secondary N) is 3. The second kappa shape index (κ2) is 13.8. The first-order chi connectivity index (χ1) is 19.8. The Bertz CT molecular complexity index is 1510. The summed E-state index contributed by atoms with van der Waals surface area (Å²) in [5.41, 5.74) is 3.77. The summed E-state index contributed by atoms with van der Waals surface area (Å²) in [4.78, 5) is 48.8. The minimum atomic E-state index is -1.07. The zero-order valence-corrected chi connectivity index (χ0v) is 22.0. The number of aliphatic carboxylic acids is 1. The molecule has 4 aromatic carbocycles. The van der Waals surface area contributed by atoms with Gasteiger partial charge in [0, 0.05) is 29.8 Å². The average molecular weight is 554 g/mol. The number of amides is 3. The van der Waals surface area contributed by atoms with E-state index in [4.69, 9.17) is 0 Å². The molecule has 4 N–H and O–H groups in total. The predicted molar refractivity (Wildman–Crippen MR) is 153 cm³/mol. The van der Waals surface area contributed by atoms with Gasteiger partial charge in [-0.15, -0.1) is 0 Å². The number of hydrogen-bond donors (Lipinski definition) is 4. The van der Waals surface area contributed by atoms with Crippen LogP contribution in [0.25, 0.3) is 11.1 Å². The standard InChI is InChI=1S/C32H28FN3O5/c33-26-14-10-25(11-15-26)30(38)35-27-16-12-23(13-17-27)22-6-8-24(9-7-22)31(39)36-29(37)19-18-28(32(40)41)34-20-21-4-2-1-3-5-21/h1-17,28,34H,18-20H2,(H,35,38)(H,40,41)(H,36,37,39)/t28-/m0/s1. The predicted octanol–water partition coefficient (Wildman–Crippen LogP) is 5.02. The van der Waals surface area contributed by atoms with Crippen LogP contribution in [0.15, 0.2) is 103 Å². The zero-order chi connectivity index (χ0) is 29.2. The summed E-state index contributed by atoms with van der Waals surface area (Å²) in [6.07, 6.45) is -0.104. The summed E-state index contributed by atoms with van der Waals surface area (Å²) in [7, 11) is 0. The van der Waals surface area contributed by atoms with E-state index in [0.29, 0.717) is 17.8 Å². The van der Waals surface area contributed by atoms with Gasteiger partial charge in [-0.05, 0) is 71.6 Å². The minimum Gasteiger partial charge on any atom is -0.480 e. The number of imide groups is 1. The van der Waals surface area contributed by atoms with Crippen LogP contribution >= 0.6 is 0 Å². The fourth-order valence-corrected chi connectivity index (χ4v) is 4.05. The number of hydrogen-bond acceptors (Lipinski definition) is 5. The molecule has 1 atom stereocenters. The fourth-order valence-electron chi connectivity index (χ4n) is 4.05. The molecule has 3 amide bonds. The van der Waals surface area contributed by atoms with Crippen molar-refractivity contribution in [2.45, 2.75) is 25.4 Å². The van der Waals surface area contributed by atoms with E-state index in [-0.39, 0.29) is 24.3 Å². The average Bonchev–Trinajstić information content (AvgIpc) is 2.98. The lowest BCUT2D eigenvalue weighted by molar-refractivity contribution is -0.139. The van der Waals surface area contributed by atoms with Crippen molar-refractivity contribution in [3.05, 3.63) is 126 Å². The molecule has 8 nitrogen and oxygen atoms in total. The van der Waals surface area contributed by atoms with Crippen LogP contribution in [0.2, 0.25) is 0 Å². The smallest absolute Gasteiger partial charge is 0.320 e. The lowest BCUT2D eigenvalue weighted by Crippen LogP contribution is -2.38. The summed E-state index contributed by atoms with van der Waals surface area (Å²) < 4.78 is 13.1. The highest BCUT2D eigenvalue weighted by molar-refractivity contribution is 6.05. The molecule has 0 saturated carbocycles. The maximum atomic E-state index is 13.1. The maximum absolute atomic E-state index is 13.1. The number of halogens is 1. The van der Waals surface area contributed by atoms with Crippen molar-refractivity contribution in [1.82, 2.24) is 10.6 Å². The van der Waals surface area contributed by atoms with Gasteiger partial charge in [-0.25, -0.2) is 4.39 Å². The molecule has 4 aromatic rings. The first-order valence-electron chi connectivity index (χ1n) is 12.9. The van der Waals surface area contributed by atoms with Gasteiger partial charge in [-0.2, -0.15) is 0 Å². The number of carboxylic acids is 1. The van der Waals surface area contributed by atoms with Gasteiger partial charge in [0.2, 0.25) is 5.91 Å². The summed E-state index contributed by atoms with van der Waals surface area (Å²) in [6, 6.07) is 27.4. The molecule has 0 aliphatic rings. The lowest BCUT2D eigenvalue weighted by atomic mass is 10.0. The van der Waals surface area contributed by atoms with E-state index in [9.17, 15) is 28.7 Å². The molecule has 9 heteroatoms. The van der Waals surface area contributed by atoms with Crippen LogP contribution in [0.5, 0.6) is 0 Å². The van der Waals surface area contributed by atoms with Crippen LogP contribution in [0.1, 0.15) is 39.1 Å². The molecule has 0 unspecified atom stereocenters. The topological polar surface area (TPSA) is 125 Å². The molecule has 0 fully saturated rings. The van der Waals surface area contributed by atoms with Crippen molar-refractivity contribution in [2.75, 3.05) is 5.32 Å². The molecule has 208 valence electrons. The number of benzene rings is 4. The molecule has 41 heavy (non-hydrogen) atoms. The lowest BCUT2D eigenvalue weighted by Gasteiger charge is -2.14. The highest BCUT2D eigenvalue weighted by atomic mass is 19.1. The van der Waals surface area contributed by atoms with Crippen LogP contribution in [-0.4, -0.2) is 34.8 Å². The van der Waals surface area contributed by atoms with Gasteiger partial charge in [0.05, 0.1) is 0 Å². The van der Waals surface area contributed by atoms with Crippen LogP contribution in [-0.2, 0) is 16.1 Å². The third-order valence-corrected chi connectivity index (χ3v) is 6.34. The van der Waals surface area contributed by atoms with E-state index in [1.807, 2.05) is 42.5 Å². The molecular formula is C32H28FN3O5. The summed E-state index contributed by atoms with van der Waals surface area (Å²) in [5.74, 6) is -2.99. The van der Waals surface area contributed by atoms with E-state index in [1.54, 1.807) is 36.4 Å². The molecule has 0 spiro atoms. The number of anilines is 1. The Hall–Kier alpha value is -5.15. The summed E-state index contributed by atoms with van der Waals surface area (Å²) >= 11 is 0. The van der Waals surface area contributed by atoms with Crippen LogP contribution < -0.4 is 16.0 Å². The van der Waals surface area contributed by atoms with Crippen LogP contribution in [0.4, 0.5) is 10.1 Å². The largest absolute Gasteiger partial charge is 0.480 e. The van der Waals surface area contributed by atoms with Crippen molar-refractivity contribution in [1.29, 1.82) is 0 Å². The monoisotopic (exact) mass is 553 g/mol. The van der Waals surface area contributed by atoms with Crippen LogP contribution in [0, 0.1) is 5.82 Å². The number of carbonyl (C=O) groups excluding carboxylic acids is 3. The van der Waals surface area contributed by atoms with Gasteiger partial charge in [0.1, 0.15) is 11.9 Å². The third-order valence-electron chi connectivity index (χ3n) is 6.34. The quantitative estimate of drug-likeness (QED) is 0.207. The first kappa shape index (κ1) is 28.8. The number of carbonyl (C=O) groups is 4. The first-order valence-corrected chi connectivity index (χ1v) is 12.9. The van der Waals surface area contributed by atoms with E-state index < -0.39 is 29.6 Å². The van der Waals surface area contributed by atoms with Gasteiger partial charge >= 0.3 is 5.97 Å². The van der Waals surface area contributed by atoms with E-state index in [0.717, 1.165) is 16.7 Å². The normalized spacial score (nSPS) is 11.3. The second-order valence-corrected chi connectivity index (χ2v) is 9.29. The Balaban J connectivity index is 1.27. The van der Waals surface area contributed by atoms with Crippen molar-refractivity contribution < 1.29 is 28.7 Å². The van der Waals surface area contributed by atoms with Gasteiger partial charge < -0.3 is 15.7 Å². The van der Waals surface area contributed by atoms with E-state index >= 15 is 0 Å². The van der Waals surface area contributed by atoms with Gasteiger partial charge in [-0.3, -0.25) is 24.5 Å². The Morgan fingerprint density at radius 3 is 1.88 bits per heavy atom. The maximum Gasteiger partial charge on any atom is 0.320 e. The third kappa shape index (κ3) is 8.42. The minimum absolute atomic E-state index is 0.0283. The van der Waals surface area contributed by atoms with Crippen molar-refractivity contribution >= 4 is 29.4 Å².